The molecule has 0 aliphatic heterocycles. The lowest BCUT2D eigenvalue weighted by molar-refractivity contribution is -0.121. The van der Waals surface area contributed by atoms with E-state index in [4.69, 9.17) is 14.2 Å². The van der Waals surface area contributed by atoms with Gasteiger partial charge in [-0.15, -0.1) is 0 Å². The van der Waals surface area contributed by atoms with E-state index in [0.717, 1.165) is 12.8 Å². The third-order valence-electron chi connectivity index (χ3n) is 5.70. The van der Waals surface area contributed by atoms with Gasteiger partial charge in [-0.1, -0.05) is 12.1 Å². The second-order valence-electron chi connectivity index (χ2n) is 8.24. The fourth-order valence-electron chi connectivity index (χ4n) is 3.82. The summed E-state index contributed by atoms with van der Waals surface area (Å²) in [7, 11) is 4.46. The number of nitrogens with one attached hydrogen (secondary N) is 2. The number of hydrogen-bond acceptors (Lipinski definition) is 7. The van der Waals surface area contributed by atoms with Crippen LogP contribution in [0.5, 0.6) is 17.2 Å². The SMILES string of the molecule is COc1cc(NC(=O)Cn2c(=O)c(CCC(=O)NC3CC3)nc3ccccc32)cc(OC)c1OC. The zero-order valence-electron chi connectivity index (χ0n) is 19.9. The van der Waals surface area contributed by atoms with E-state index in [-0.39, 0.29) is 37.0 Å². The Morgan fingerprint density at radius 2 is 1.71 bits per heavy atom. The van der Waals surface area contributed by atoms with E-state index < -0.39 is 11.5 Å². The van der Waals surface area contributed by atoms with Crippen molar-refractivity contribution in [3.8, 4) is 17.2 Å². The van der Waals surface area contributed by atoms with E-state index in [1.54, 1.807) is 30.3 Å². The van der Waals surface area contributed by atoms with Crippen LogP contribution < -0.4 is 30.4 Å². The predicted octanol–water partition coefficient (Wildman–Crippen LogP) is 2.27. The van der Waals surface area contributed by atoms with Gasteiger partial charge in [-0.3, -0.25) is 19.0 Å². The van der Waals surface area contributed by atoms with Crippen molar-refractivity contribution in [2.75, 3.05) is 26.6 Å². The van der Waals surface area contributed by atoms with Crippen molar-refractivity contribution in [3.63, 3.8) is 0 Å². The number of ether oxygens (including phenoxy) is 3. The summed E-state index contributed by atoms with van der Waals surface area (Å²) < 4.78 is 17.4. The molecular formula is C25H28N4O6. The molecule has 10 nitrogen and oxygen atoms in total. The van der Waals surface area contributed by atoms with Crippen LogP contribution >= 0.6 is 0 Å². The van der Waals surface area contributed by atoms with Gasteiger partial charge in [-0.2, -0.15) is 0 Å². The van der Waals surface area contributed by atoms with Crippen molar-refractivity contribution in [1.82, 2.24) is 14.9 Å². The van der Waals surface area contributed by atoms with E-state index in [1.165, 1.54) is 25.9 Å². The summed E-state index contributed by atoms with van der Waals surface area (Å²) in [6, 6.07) is 10.6. The molecule has 2 N–H and O–H groups in total. The summed E-state index contributed by atoms with van der Waals surface area (Å²) in [6.45, 7) is -0.236. The highest BCUT2D eigenvalue weighted by atomic mass is 16.5. The molecule has 1 aromatic heterocycles. The molecule has 0 atom stereocenters. The van der Waals surface area contributed by atoms with Crippen LogP contribution in [0.2, 0.25) is 0 Å². The van der Waals surface area contributed by atoms with Gasteiger partial charge in [0.1, 0.15) is 12.2 Å². The van der Waals surface area contributed by atoms with Gasteiger partial charge in [0.05, 0.1) is 32.4 Å². The van der Waals surface area contributed by atoms with Crippen LogP contribution in [0.15, 0.2) is 41.2 Å². The normalized spacial score (nSPS) is 12.8. The minimum Gasteiger partial charge on any atom is -0.493 e. The van der Waals surface area contributed by atoms with Crippen LogP contribution in [-0.2, 0) is 22.6 Å². The Hall–Kier alpha value is -4.08. The van der Waals surface area contributed by atoms with Gasteiger partial charge in [-0.05, 0) is 25.0 Å². The van der Waals surface area contributed by atoms with Gasteiger partial charge in [0.15, 0.2) is 11.5 Å². The number of benzene rings is 2. The highest BCUT2D eigenvalue weighted by molar-refractivity contribution is 5.92. The van der Waals surface area contributed by atoms with E-state index >= 15 is 0 Å². The van der Waals surface area contributed by atoms with Crippen molar-refractivity contribution in [3.05, 3.63) is 52.4 Å². The van der Waals surface area contributed by atoms with Crippen molar-refractivity contribution < 1.29 is 23.8 Å². The molecule has 35 heavy (non-hydrogen) atoms. The largest absolute Gasteiger partial charge is 0.493 e. The van der Waals surface area contributed by atoms with Crippen LogP contribution in [0.3, 0.4) is 0 Å². The van der Waals surface area contributed by atoms with Crippen LogP contribution in [0.25, 0.3) is 11.0 Å². The molecule has 2 aromatic carbocycles. The minimum absolute atomic E-state index is 0.103. The first-order valence-electron chi connectivity index (χ1n) is 11.3. The molecule has 3 aromatic rings. The van der Waals surface area contributed by atoms with Crippen molar-refractivity contribution >= 4 is 28.5 Å². The fraction of sp³-hybridized carbons (Fsp3) is 0.360. The van der Waals surface area contributed by atoms with Crippen LogP contribution in [-0.4, -0.2) is 48.7 Å². The Kier molecular flexibility index (Phi) is 7.19. The number of aromatic nitrogens is 2. The molecule has 1 aliphatic rings. The maximum Gasteiger partial charge on any atom is 0.273 e. The number of para-hydroxylation sites is 2. The molecule has 1 fully saturated rings. The van der Waals surface area contributed by atoms with Crippen LogP contribution in [0.4, 0.5) is 5.69 Å². The quantitative estimate of drug-likeness (QED) is 0.457. The number of fused-ring (bicyclic) bond motifs is 1. The Balaban J connectivity index is 1.58. The molecule has 0 bridgehead atoms. The maximum absolute atomic E-state index is 13.2. The Bertz CT molecular complexity index is 1290. The number of carbonyl (C=O) groups is 2. The van der Waals surface area contributed by atoms with Gasteiger partial charge in [0.25, 0.3) is 5.56 Å². The van der Waals surface area contributed by atoms with Crippen LogP contribution in [0, 0.1) is 0 Å². The smallest absolute Gasteiger partial charge is 0.273 e. The highest BCUT2D eigenvalue weighted by Crippen LogP contribution is 2.39. The Morgan fingerprint density at radius 3 is 2.34 bits per heavy atom. The molecule has 1 saturated carbocycles. The standard InChI is InChI=1S/C25H28N4O6/c1-33-20-12-16(13-21(34-2)24(20)35-3)27-23(31)14-29-19-7-5-4-6-17(19)28-18(25(29)32)10-11-22(30)26-15-8-9-15/h4-7,12-13,15H,8-11,14H2,1-3H3,(H,26,30)(H,27,31). The third kappa shape index (κ3) is 5.53. The first-order chi connectivity index (χ1) is 16.9. The lowest BCUT2D eigenvalue weighted by Crippen LogP contribution is -2.32. The molecule has 184 valence electrons. The molecule has 0 radical (unpaired) electrons. The molecular weight excluding hydrogens is 452 g/mol. The predicted molar refractivity (Wildman–Crippen MR) is 130 cm³/mol. The number of aryl methyl sites for hydroxylation is 1. The molecule has 0 saturated heterocycles. The molecule has 0 unspecified atom stereocenters. The van der Waals surface area contributed by atoms with E-state index in [0.29, 0.717) is 34.0 Å². The summed E-state index contributed by atoms with van der Waals surface area (Å²) in [5.74, 6) is 0.657. The summed E-state index contributed by atoms with van der Waals surface area (Å²) in [5.41, 5.74) is 1.38. The van der Waals surface area contributed by atoms with Gasteiger partial charge < -0.3 is 24.8 Å². The Morgan fingerprint density at radius 1 is 1.03 bits per heavy atom. The average Bonchev–Trinajstić information content (AvgIpc) is 3.67. The lowest BCUT2D eigenvalue weighted by Gasteiger charge is -2.15. The van der Waals surface area contributed by atoms with Gasteiger partial charge >= 0.3 is 0 Å². The third-order valence-corrected chi connectivity index (χ3v) is 5.70. The Labute approximate surface area is 202 Å². The summed E-state index contributed by atoms with van der Waals surface area (Å²) in [4.78, 5) is 42.8. The molecule has 2 amide bonds. The molecule has 4 rings (SSSR count). The van der Waals surface area contributed by atoms with Gasteiger partial charge in [0.2, 0.25) is 17.6 Å². The number of carbonyl (C=O) groups excluding carboxylic acids is 2. The molecule has 10 heteroatoms. The zero-order valence-corrected chi connectivity index (χ0v) is 19.9. The minimum atomic E-state index is -0.421. The van der Waals surface area contributed by atoms with Gasteiger partial charge in [0, 0.05) is 36.7 Å². The number of nitrogens with zero attached hydrogens (tertiary/aromatic N) is 2. The van der Waals surface area contributed by atoms with E-state index in [1.807, 2.05) is 6.07 Å². The number of methoxy groups -OCH3 is 3. The highest BCUT2D eigenvalue weighted by Gasteiger charge is 2.23. The second kappa shape index (κ2) is 10.5. The number of amides is 2. The first-order valence-corrected chi connectivity index (χ1v) is 11.3. The summed E-state index contributed by atoms with van der Waals surface area (Å²) in [6.07, 6.45) is 2.34. The van der Waals surface area contributed by atoms with E-state index in [2.05, 4.69) is 15.6 Å². The van der Waals surface area contributed by atoms with Crippen molar-refractivity contribution in [2.45, 2.75) is 38.3 Å². The maximum atomic E-state index is 13.2. The fourth-order valence-corrected chi connectivity index (χ4v) is 3.82. The lowest BCUT2D eigenvalue weighted by atomic mass is 10.2. The topological polar surface area (TPSA) is 121 Å². The number of rotatable bonds is 10. The monoisotopic (exact) mass is 480 g/mol. The number of anilines is 1. The van der Waals surface area contributed by atoms with E-state index in [9.17, 15) is 14.4 Å². The zero-order chi connectivity index (χ0) is 24.9. The first kappa shape index (κ1) is 24.1. The molecule has 1 heterocycles. The van der Waals surface area contributed by atoms with Crippen LogP contribution in [0.1, 0.15) is 25.0 Å². The van der Waals surface area contributed by atoms with Crippen molar-refractivity contribution in [2.24, 2.45) is 0 Å². The summed E-state index contributed by atoms with van der Waals surface area (Å²) in [5, 5.41) is 5.70. The average molecular weight is 481 g/mol. The van der Waals surface area contributed by atoms with Crippen molar-refractivity contribution in [1.29, 1.82) is 0 Å². The summed E-state index contributed by atoms with van der Waals surface area (Å²) >= 11 is 0. The molecule has 1 aliphatic carbocycles. The molecule has 0 spiro atoms. The number of hydrogen-bond donors (Lipinski definition) is 2. The van der Waals surface area contributed by atoms with Gasteiger partial charge in [-0.25, -0.2) is 4.98 Å². The second-order valence-corrected chi connectivity index (χ2v) is 8.24.